The Balaban J connectivity index is 1.58. The molecule has 0 bridgehead atoms. The Morgan fingerprint density at radius 2 is 1.09 bits per heavy atom. The van der Waals surface area contributed by atoms with Crippen molar-refractivity contribution in [2.75, 3.05) is 26.2 Å². The van der Waals surface area contributed by atoms with Crippen LogP contribution in [0.15, 0.2) is 60.8 Å². The van der Waals surface area contributed by atoms with Gasteiger partial charge in [0.05, 0.1) is 38.1 Å². The van der Waals surface area contributed by atoms with E-state index in [1.54, 1.807) is 54.6 Å². The lowest BCUT2D eigenvalue weighted by atomic mass is 10.0. The number of carboxylic acids is 4. The first-order valence-corrected chi connectivity index (χ1v) is 31.6. The molecule has 542 valence electrons. The van der Waals surface area contributed by atoms with Gasteiger partial charge in [0.2, 0.25) is 70.9 Å². The molecule has 1 aliphatic rings. The van der Waals surface area contributed by atoms with E-state index in [2.05, 4.69) is 58.2 Å². The summed E-state index contributed by atoms with van der Waals surface area (Å²) in [7, 11) is 0. The smallest absolute Gasteiger partial charge is 0.326 e. The third-order valence-corrected chi connectivity index (χ3v) is 15.6. The molecule has 0 aliphatic carbocycles. The van der Waals surface area contributed by atoms with E-state index < -0.39 is 219 Å². The molecular weight excluding hydrogens is 1310 g/mol. The van der Waals surface area contributed by atoms with Gasteiger partial charge in [0.25, 0.3) is 0 Å². The number of hydrogen-bond acceptors (Lipinski definition) is 20. The molecule has 2 heterocycles. The number of carbonyl (C=O) groups excluding carboxylic acids is 12. The number of H-pyrrole nitrogens is 1. The van der Waals surface area contributed by atoms with Crippen molar-refractivity contribution in [3.63, 3.8) is 0 Å². The van der Waals surface area contributed by atoms with E-state index >= 15 is 0 Å². The summed E-state index contributed by atoms with van der Waals surface area (Å²) < 4.78 is 0. The Morgan fingerprint density at radius 3 is 1.67 bits per heavy atom. The second kappa shape index (κ2) is 39.5. The first-order valence-electron chi connectivity index (χ1n) is 31.6. The fourth-order valence-electron chi connectivity index (χ4n) is 10.2. The predicted molar refractivity (Wildman–Crippen MR) is 345 cm³/mol. The number of unbranched alkanes of at least 4 members (excludes halogenated alkanes) is 1. The van der Waals surface area contributed by atoms with Crippen molar-refractivity contribution in [2.45, 2.75) is 177 Å². The van der Waals surface area contributed by atoms with Gasteiger partial charge in [-0.15, -0.1) is 0 Å². The highest BCUT2D eigenvalue weighted by atomic mass is 16.4. The number of benzene rings is 2. The van der Waals surface area contributed by atoms with Gasteiger partial charge in [-0.2, -0.15) is 0 Å². The van der Waals surface area contributed by atoms with E-state index in [0.29, 0.717) is 41.4 Å². The first kappa shape index (κ1) is 80.8. The second-order valence-electron chi connectivity index (χ2n) is 23.6. The van der Waals surface area contributed by atoms with Crippen LogP contribution in [0.3, 0.4) is 0 Å². The van der Waals surface area contributed by atoms with Crippen molar-refractivity contribution in [2.24, 2.45) is 11.5 Å². The number of likely N-dealkylation sites (tertiary alicyclic amines) is 1. The molecule has 1 fully saturated rings. The predicted octanol–water partition coefficient (Wildman–Crippen LogP) is -6.30. The van der Waals surface area contributed by atoms with E-state index in [1.165, 1.54) is 27.0 Å². The fraction of sp³-hybridized carbons (Fsp3) is 0.516. The summed E-state index contributed by atoms with van der Waals surface area (Å²) in [6.45, 7) is 3.12. The molecule has 37 nitrogen and oxygen atoms in total. The third kappa shape index (κ3) is 26.0. The molecule has 4 rings (SSSR count). The number of aromatic amines is 1. The van der Waals surface area contributed by atoms with E-state index in [4.69, 9.17) is 11.5 Å². The van der Waals surface area contributed by atoms with Crippen LogP contribution in [0.5, 0.6) is 0 Å². The lowest BCUT2D eigenvalue weighted by Crippen LogP contribution is -2.62. The van der Waals surface area contributed by atoms with Gasteiger partial charge >= 0.3 is 23.9 Å². The van der Waals surface area contributed by atoms with Gasteiger partial charge < -0.3 is 110 Å². The SMILES string of the molecule is C[C@H](N)C(=O)N[C@@H](C)C(=O)N[C@@H](CC(=O)O)C(=O)N[C@@H](CC(=O)O)C(=O)N[C@H](C(=O)N[C@@H](Cc1c[nH]c2ccccc12)C(=O)N[C@@H](CCC(=O)O)C(=O)N1CCC[C@H]1C(=O)N[C@@H](Cc1ccccc1)C(=O)N[C@@H](C)C(=O)N[C@@H](CO)C(=O)NCC(=O)N[C@@H](CCCCN)C(=O)O)[C@@H](C)O. The van der Waals surface area contributed by atoms with Crippen LogP contribution in [-0.4, -0.2) is 240 Å². The normalized spacial score (nSPS) is 16.2. The van der Waals surface area contributed by atoms with E-state index in [1.807, 2.05) is 5.32 Å². The molecule has 0 radical (unpaired) electrons. The fourth-order valence-corrected chi connectivity index (χ4v) is 10.2. The zero-order valence-electron chi connectivity index (χ0n) is 54.7. The van der Waals surface area contributed by atoms with Crippen LogP contribution < -0.4 is 70.0 Å². The molecular formula is C62H87N15O22. The maximum absolute atomic E-state index is 14.8. The number of nitrogens with two attached hydrogens (primary N) is 2. The summed E-state index contributed by atoms with van der Waals surface area (Å²) in [4.78, 5) is 216. The average Bonchev–Trinajstić information content (AvgIpc) is 1.75. The molecule has 1 saturated heterocycles. The Hall–Kier alpha value is -10.7. The van der Waals surface area contributed by atoms with Gasteiger partial charge in [0.1, 0.15) is 66.5 Å². The highest BCUT2D eigenvalue weighted by molar-refractivity contribution is 6.01. The van der Waals surface area contributed by atoms with Crippen LogP contribution >= 0.6 is 0 Å². The molecule has 0 saturated carbocycles. The Labute approximate surface area is 566 Å². The summed E-state index contributed by atoms with van der Waals surface area (Å²) in [5.74, 6) is -19.2. The van der Waals surface area contributed by atoms with E-state index in [9.17, 15) is 107 Å². The highest BCUT2D eigenvalue weighted by Gasteiger charge is 2.42. The van der Waals surface area contributed by atoms with E-state index in [0.717, 1.165) is 11.8 Å². The van der Waals surface area contributed by atoms with E-state index in [-0.39, 0.29) is 32.2 Å². The minimum atomic E-state index is -2.16. The van der Waals surface area contributed by atoms with Gasteiger partial charge in [0, 0.05) is 42.9 Å². The second-order valence-corrected chi connectivity index (χ2v) is 23.6. The molecule has 22 N–H and O–H groups in total. The maximum atomic E-state index is 14.8. The van der Waals surface area contributed by atoms with Crippen molar-refractivity contribution in [1.29, 1.82) is 0 Å². The average molecular weight is 1390 g/mol. The number of aromatic nitrogens is 1. The van der Waals surface area contributed by atoms with Crippen LogP contribution in [-0.2, 0) is 89.6 Å². The molecule has 1 aliphatic heterocycles. The summed E-state index contributed by atoms with van der Waals surface area (Å²) in [5.41, 5.74) is 12.4. The molecule has 0 unspecified atom stereocenters. The standard InChI is InChI=1S/C62H87N15O22/c1-30(64)51(87)67-31(2)52(88)71-42(25-48(83)84)57(93)72-43(26-49(85)86)58(94)76-50(33(4)79)60(96)74-41(24-35-27-65-37-16-9-8-15-36(35)37)56(92)70-38(19-20-47(81)82)61(97)77-22-12-18-45(77)59(95)73-40(23-34-13-6-5-7-14-34)55(91)68-32(3)53(89)75-44(29-78)54(90)66-28-46(80)69-39(62(98)99)17-10-11-21-63/h5-9,13-16,27,30-33,38-45,50,65,78-79H,10-12,17-26,28-29,63-64H2,1-4H3,(H,66,90)(H,67,87)(H,68,91)(H,69,80)(H,70,92)(H,71,88)(H,72,93)(H,73,95)(H,74,96)(H,75,89)(H,76,94)(H,81,82)(H,83,84)(H,85,86)(H,98,99)/t30-,31-,32-,33+,38-,39-,40-,41-,42-,43-,44-,45-,50-/m0/s1. The van der Waals surface area contributed by atoms with Crippen molar-refractivity contribution >= 4 is 106 Å². The monoisotopic (exact) mass is 1390 g/mol. The van der Waals surface area contributed by atoms with Gasteiger partial charge in [-0.05, 0) is 90.0 Å². The minimum absolute atomic E-state index is 0.0335. The van der Waals surface area contributed by atoms with Crippen LogP contribution in [0, 0.1) is 0 Å². The van der Waals surface area contributed by atoms with Crippen LogP contribution in [0.1, 0.15) is 96.6 Å². The maximum Gasteiger partial charge on any atom is 0.326 e. The molecule has 1 aromatic heterocycles. The summed E-state index contributed by atoms with van der Waals surface area (Å²) >= 11 is 0. The molecule has 13 atom stereocenters. The summed E-state index contributed by atoms with van der Waals surface area (Å²) in [5, 5.41) is 85.4. The number of carbonyl (C=O) groups is 16. The number of hydrogen-bond donors (Lipinski definition) is 20. The Morgan fingerprint density at radius 1 is 0.556 bits per heavy atom. The quantitative estimate of drug-likeness (QED) is 0.0235. The van der Waals surface area contributed by atoms with Gasteiger partial charge in [0.15, 0.2) is 0 Å². The van der Waals surface area contributed by atoms with Gasteiger partial charge in [-0.1, -0.05) is 48.5 Å². The number of carboxylic acid groups (broad SMARTS) is 4. The third-order valence-electron chi connectivity index (χ3n) is 15.6. The molecule has 2 aromatic carbocycles. The number of nitrogens with zero attached hydrogens (tertiary/aromatic N) is 1. The molecule has 37 heteroatoms. The van der Waals surface area contributed by atoms with Gasteiger partial charge in [-0.3, -0.25) is 71.9 Å². The number of aliphatic carboxylic acids is 4. The number of amides is 12. The van der Waals surface area contributed by atoms with Crippen molar-refractivity contribution in [1.82, 2.24) is 68.4 Å². The van der Waals surface area contributed by atoms with Crippen LogP contribution in [0.4, 0.5) is 0 Å². The Kier molecular flexibility index (Phi) is 32.3. The summed E-state index contributed by atoms with van der Waals surface area (Å²) in [6.07, 6.45) is -3.68. The number of nitrogens with one attached hydrogen (secondary N) is 12. The zero-order valence-corrected chi connectivity index (χ0v) is 54.7. The van der Waals surface area contributed by atoms with Crippen LogP contribution in [0.2, 0.25) is 0 Å². The minimum Gasteiger partial charge on any atom is -0.481 e. The number of aliphatic hydroxyl groups excluding tert-OH is 2. The highest BCUT2D eigenvalue weighted by Crippen LogP contribution is 2.23. The Bertz CT molecular complexity index is 3400. The lowest BCUT2D eigenvalue weighted by molar-refractivity contribution is -0.144. The number of aliphatic hydroxyl groups is 2. The number of para-hydroxylation sites is 1. The lowest BCUT2D eigenvalue weighted by Gasteiger charge is -2.31. The van der Waals surface area contributed by atoms with Gasteiger partial charge in [-0.25, -0.2) is 4.79 Å². The zero-order chi connectivity index (χ0) is 73.8. The first-order chi connectivity index (χ1) is 46.7. The largest absolute Gasteiger partial charge is 0.481 e. The van der Waals surface area contributed by atoms with Crippen LogP contribution in [0.25, 0.3) is 10.9 Å². The number of rotatable bonds is 41. The topological polar surface area (TPSA) is 598 Å². The van der Waals surface area contributed by atoms with Crippen molar-refractivity contribution in [3.05, 3.63) is 71.9 Å². The van der Waals surface area contributed by atoms with Crippen molar-refractivity contribution in [3.8, 4) is 0 Å². The summed E-state index contributed by atoms with van der Waals surface area (Å²) in [6, 6.07) is -4.70. The molecule has 0 spiro atoms. The molecule has 12 amide bonds. The van der Waals surface area contributed by atoms with Crippen molar-refractivity contribution < 1.29 is 107 Å². The molecule has 3 aromatic rings. The molecule has 99 heavy (non-hydrogen) atoms. The number of fused-ring (bicyclic) bond motifs is 1.